The van der Waals surface area contributed by atoms with E-state index >= 15 is 0 Å². The first-order chi connectivity index (χ1) is 5.61. The zero-order chi connectivity index (χ0) is 10.5. The molecule has 0 aliphatic heterocycles. The highest BCUT2D eigenvalue weighted by atomic mass is 35.5. The molecule has 84 valence electrons. The molecule has 0 spiro atoms. The highest BCUT2D eigenvalue weighted by molar-refractivity contribution is 5.85. The quantitative estimate of drug-likeness (QED) is 0.610. The van der Waals surface area contributed by atoms with Crippen molar-refractivity contribution < 1.29 is 28.2 Å². The van der Waals surface area contributed by atoms with Crippen molar-refractivity contribution in [2.75, 3.05) is 0 Å². The summed E-state index contributed by atoms with van der Waals surface area (Å²) in [6.45, 7) is 0. The Bertz CT molecular complexity index is 249. The molecule has 0 amide bonds. The summed E-state index contributed by atoms with van der Waals surface area (Å²) in [7, 11) is 0. The van der Waals surface area contributed by atoms with Crippen molar-refractivity contribution in [3.63, 3.8) is 0 Å². The van der Waals surface area contributed by atoms with Crippen LogP contribution in [0.15, 0.2) is 0 Å². The highest BCUT2D eigenvalue weighted by Crippen LogP contribution is 2.49. The molecule has 1 saturated carbocycles. The maximum absolute atomic E-state index is 12.0. The van der Waals surface area contributed by atoms with E-state index in [0.717, 1.165) is 0 Å². The first kappa shape index (κ1) is 13.5. The number of aliphatic carboxylic acids is 1. The van der Waals surface area contributed by atoms with E-state index in [1.165, 1.54) is 0 Å². The third kappa shape index (κ3) is 1.79. The van der Waals surface area contributed by atoms with Gasteiger partial charge in [0, 0.05) is 12.8 Å². The normalized spacial score (nSPS) is 36.9. The van der Waals surface area contributed by atoms with E-state index in [1.807, 2.05) is 0 Å². The van der Waals surface area contributed by atoms with Crippen molar-refractivity contribution in [3.8, 4) is 0 Å². The molecule has 0 radical (unpaired) electrons. The SMILES string of the molecule is Cl.NC1(C(=O)O)CC(O)(C(F)(F)F)C1. The molecule has 0 aromatic carbocycles. The van der Waals surface area contributed by atoms with Crippen LogP contribution in [0.2, 0.25) is 0 Å². The van der Waals surface area contributed by atoms with Gasteiger partial charge in [0.1, 0.15) is 5.54 Å². The van der Waals surface area contributed by atoms with E-state index < -0.39 is 36.1 Å². The molecular weight excluding hydrogens is 227 g/mol. The highest BCUT2D eigenvalue weighted by Gasteiger charge is 2.68. The predicted molar refractivity (Wildman–Crippen MR) is 42.0 cm³/mol. The topological polar surface area (TPSA) is 83.6 Å². The Morgan fingerprint density at radius 2 is 1.71 bits per heavy atom. The fourth-order valence-corrected chi connectivity index (χ4v) is 1.34. The number of halogens is 4. The monoisotopic (exact) mass is 235 g/mol. The minimum absolute atomic E-state index is 0. The molecule has 1 aliphatic rings. The van der Waals surface area contributed by atoms with Gasteiger partial charge < -0.3 is 15.9 Å². The number of carboxylic acid groups (broad SMARTS) is 1. The van der Waals surface area contributed by atoms with Crippen LogP contribution in [0.25, 0.3) is 0 Å². The Morgan fingerprint density at radius 1 is 1.36 bits per heavy atom. The van der Waals surface area contributed by atoms with Gasteiger partial charge in [-0.15, -0.1) is 12.4 Å². The van der Waals surface area contributed by atoms with Gasteiger partial charge in [-0.05, 0) is 0 Å². The van der Waals surface area contributed by atoms with E-state index in [9.17, 15) is 18.0 Å². The van der Waals surface area contributed by atoms with Crippen LogP contribution < -0.4 is 5.73 Å². The van der Waals surface area contributed by atoms with Gasteiger partial charge in [0.05, 0.1) is 0 Å². The summed E-state index contributed by atoms with van der Waals surface area (Å²) in [4.78, 5) is 10.3. The number of hydrogen-bond acceptors (Lipinski definition) is 3. The third-order valence-corrected chi connectivity index (χ3v) is 2.17. The van der Waals surface area contributed by atoms with Crippen molar-refractivity contribution in [1.82, 2.24) is 0 Å². The molecule has 1 aliphatic carbocycles. The Balaban J connectivity index is 0.00000169. The average Bonchev–Trinajstić information content (AvgIpc) is 1.81. The van der Waals surface area contributed by atoms with Crippen LogP contribution in [0.3, 0.4) is 0 Å². The maximum atomic E-state index is 12.0. The molecule has 4 N–H and O–H groups in total. The summed E-state index contributed by atoms with van der Waals surface area (Å²) >= 11 is 0. The number of rotatable bonds is 1. The molecule has 0 atom stereocenters. The van der Waals surface area contributed by atoms with Gasteiger partial charge in [-0.2, -0.15) is 13.2 Å². The summed E-state index contributed by atoms with van der Waals surface area (Å²) in [5, 5.41) is 17.2. The van der Waals surface area contributed by atoms with Crippen LogP contribution in [0.4, 0.5) is 13.2 Å². The number of carboxylic acids is 1. The molecular formula is C6H9ClF3NO3. The predicted octanol–water partition coefficient (Wildman–Crippen LogP) is 0.277. The van der Waals surface area contributed by atoms with Crippen LogP contribution in [0.1, 0.15) is 12.8 Å². The number of hydrogen-bond donors (Lipinski definition) is 3. The summed E-state index contributed by atoms with van der Waals surface area (Å²) in [6, 6.07) is 0. The molecule has 0 bridgehead atoms. The second-order valence-electron chi connectivity index (χ2n) is 3.34. The fraction of sp³-hybridized carbons (Fsp3) is 0.833. The summed E-state index contributed by atoms with van der Waals surface area (Å²) in [5.41, 5.74) is 0.188. The number of carbonyl (C=O) groups is 1. The minimum atomic E-state index is -4.81. The first-order valence-corrected chi connectivity index (χ1v) is 3.42. The van der Waals surface area contributed by atoms with Crippen LogP contribution >= 0.6 is 12.4 Å². The number of aliphatic hydroxyl groups is 1. The van der Waals surface area contributed by atoms with Gasteiger partial charge in [0.15, 0.2) is 5.60 Å². The molecule has 0 aromatic heterocycles. The Morgan fingerprint density at radius 3 is 1.93 bits per heavy atom. The molecule has 8 heteroatoms. The van der Waals surface area contributed by atoms with Crippen molar-refractivity contribution >= 4 is 18.4 Å². The fourth-order valence-electron chi connectivity index (χ4n) is 1.34. The Labute approximate surface area is 83.3 Å². The second kappa shape index (κ2) is 3.25. The van der Waals surface area contributed by atoms with E-state index in [0.29, 0.717) is 0 Å². The van der Waals surface area contributed by atoms with Gasteiger partial charge in [0.2, 0.25) is 0 Å². The lowest BCUT2D eigenvalue weighted by molar-refractivity contribution is -0.300. The Kier molecular flexibility index (Phi) is 3.13. The zero-order valence-electron chi connectivity index (χ0n) is 6.84. The van der Waals surface area contributed by atoms with Crippen molar-refractivity contribution in [1.29, 1.82) is 0 Å². The molecule has 0 heterocycles. The van der Waals surface area contributed by atoms with E-state index in [2.05, 4.69) is 0 Å². The summed E-state index contributed by atoms with van der Waals surface area (Å²) in [6.07, 6.45) is -6.79. The standard InChI is InChI=1S/C6H8F3NO3.ClH/c7-6(8,9)5(13)1-4(10,2-5)3(11)12;/h13H,1-2,10H2,(H,11,12);1H. The lowest BCUT2D eigenvalue weighted by Gasteiger charge is -2.48. The average molecular weight is 236 g/mol. The second-order valence-corrected chi connectivity index (χ2v) is 3.34. The van der Waals surface area contributed by atoms with Crippen LogP contribution in [0.5, 0.6) is 0 Å². The molecule has 0 saturated heterocycles. The van der Waals surface area contributed by atoms with Gasteiger partial charge in [-0.25, -0.2) is 0 Å². The van der Waals surface area contributed by atoms with E-state index in [-0.39, 0.29) is 12.4 Å². The van der Waals surface area contributed by atoms with Crippen molar-refractivity contribution in [2.24, 2.45) is 5.73 Å². The van der Waals surface area contributed by atoms with Crippen molar-refractivity contribution in [2.45, 2.75) is 30.2 Å². The number of nitrogens with two attached hydrogens (primary N) is 1. The minimum Gasteiger partial charge on any atom is -0.480 e. The first-order valence-electron chi connectivity index (χ1n) is 3.42. The van der Waals surface area contributed by atoms with Crippen LogP contribution in [-0.2, 0) is 4.79 Å². The maximum Gasteiger partial charge on any atom is 0.417 e. The lowest BCUT2D eigenvalue weighted by Crippen LogP contribution is -2.71. The van der Waals surface area contributed by atoms with Crippen LogP contribution in [0, 0.1) is 0 Å². The summed E-state index contributed by atoms with van der Waals surface area (Å²) < 4.78 is 36.0. The molecule has 0 unspecified atom stereocenters. The zero-order valence-corrected chi connectivity index (χ0v) is 7.65. The van der Waals surface area contributed by atoms with Gasteiger partial charge in [-0.3, -0.25) is 4.79 Å². The molecule has 1 fully saturated rings. The largest absolute Gasteiger partial charge is 0.480 e. The Hall–Kier alpha value is -0.530. The van der Waals surface area contributed by atoms with Gasteiger partial charge in [0.25, 0.3) is 0 Å². The summed E-state index contributed by atoms with van der Waals surface area (Å²) in [5.74, 6) is -1.53. The third-order valence-electron chi connectivity index (χ3n) is 2.17. The number of alkyl halides is 3. The van der Waals surface area contributed by atoms with E-state index in [4.69, 9.17) is 15.9 Å². The van der Waals surface area contributed by atoms with Gasteiger partial charge in [-0.1, -0.05) is 0 Å². The lowest BCUT2D eigenvalue weighted by atomic mass is 9.65. The smallest absolute Gasteiger partial charge is 0.417 e. The molecule has 1 rings (SSSR count). The van der Waals surface area contributed by atoms with Crippen molar-refractivity contribution in [3.05, 3.63) is 0 Å². The molecule has 14 heavy (non-hydrogen) atoms. The van der Waals surface area contributed by atoms with E-state index in [1.54, 1.807) is 0 Å². The van der Waals surface area contributed by atoms with Gasteiger partial charge >= 0.3 is 12.1 Å². The molecule has 4 nitrogen and oxygen atoms in total. The van der Waals surface area contributed by atoms with Crippen LogP contribution in [-0.4, -0.2) is 33.5 Å². The molecule has 0 aromatic rings.